The van der Waals surface area contributed by atoms with Crippen LogP contribution in [-0.4, -0.2) is 4.98 Å². The highest BCUT2D eigenvalue weighted by molar-refractivity contribution is 9.10. The van der Waals surface area contributed by atoms with E-state index in [4.69, 9.17) is 11.6 Å². The van der Waals surface area contributed by atoms with Crippen molar-refractivity contribution in [1.29, 1.82) is 0 Å². The Morgan fingerprint density at radius 2 is 2.11 bits per heavy atom. The van der Waals surface area contributed by atoms with Gasteiger partial charge < -0.3 is 5.32 Å². The first-order valence-corrected chi connectivity index (χ1v) is 7.61. The van der Waals surface area contributed by atoms with Gasteiger partial charge >= 0.3 is 0 Å². The molecular formula is C13H14BrClN2S. The number of rotatable bonds is 3. The Morgan fingerprint density at radius 1 is 1.39 bits per heavy atom. The number of hydrogen-bond acceptors (Lipinski definition) is 3. The highest BCUT2D eigenvalue weighted by Gasteiger charge is 2.14. The van der Waals surface area contributed by atoms with E-state index in [1.54, 1.807) is 11.3 Å². The van der Waals surface area contributed by atoms with Gasteiger partial charge in [-0.1, -0.05) is 11.6 Å². The molecule has 0 aliphatic carbocycles. The maximum Gasteiger partial charge on any atom is 0.0901 e. The van der Waals surface area contributed by atoms with Crippen LogP contribution in [-0.2, 0) is 0 Å². The lowest BCUT2D eigenvalue weighted by molar-refractivity contribution is 0.836. The van der Waals surface area contributed by atoms with Gasteiger partial charge in [0, 0.05) is 14.4 Å². The highest BCUT2D eigenvalue weighted by atomic mass is 79.9. The smallest absolute Gasteiger partial charge is 0.0901 e. The molecule has 5 heteroatoms. The molecule has 2 rings (SSSR count). The number of anilines is 1. The summed E-state index contributed by atoms with van der Waals surface area (Å²) in [6.45, 7) is 6.24. The zero-order valence-corrected chi connectivity index (χ0v) is 13.6. The number of aryl methyl sites for hydroxylation is 2. The van der Waals surface area contributed by atoms with Crippen LogP contribution < -0.4 is 5.32 Å². The molecule has 0 amide bonds. The Bertz CT molecular complexity index is 568. The summed E-state index contributed by atoms with van der Waals surface area (Å²) in [5.41, 5.74) is 2.09. The molecule has 0 fully saturated rings. The van der Waals surface area contributed by atoms with Crippen LogP contribution in [0.2, 0.25) is 5.02 Å². The monoisotopic (exact) mass is 344 g/mol. The second kappa shape index (κ2) is 5.59. The first kappa shape index (κ1) is 13.8. The molecule has 0 spiro atoms. The third-order valence-corrected chi connectivity index (χ3v) is 4.48. The second-order valence-electron chi connectivity index (χ2n) is 4.16. The Balaban J connectivity index is 2.23. The quantitative estimate of drug-likeness (QED) is 0.811. The van der Waals surface area contributed by atoms with Crippen molar-refractivity contribution < 1.29 is 0 Å². The maximum absolute atomic E-state index is 6.01. The second-order valence-corrected chi connectivity index (χ2v) is 6.86. The normalized spacial score (nSPS) is 12.5. The van der Waals surface area contributed by atoms with Gasteiger partial charge in [0.1, 0.15) is 0 Å². The summed E-state index contributed by atoms with van der Waals surface area (Å²) in [6.07, 6.45) is 0. The van der Waals surface area contributed by atoms with Crippen molar-refractivity contribution in [1.82, 2.24) is 4.98 Å². The van der Waals surface area contributed by atoms with Gasteiger partial charge in [-0.15, -0.1) is 11.3 Å². The van der Waals surface area contributed by atoms with E-state index in [9.17, 15) is 0 Å². The zero-order chi connectivity index (χ0) is 13.3. The van der Waals surface area contributed by atoms with Gasteiger partial charge in [-0.3, -0.25) is 0 Å². The summed E-state index contributed by atoms with van der Waals surface area (Å²) in [4.78, 5) is 5.82. The maximum atomic E-state index is 6.01. The van der Waals surface area contributed by atoms with E-state index in [1.165, 1.54) is 4.88 Å². The number of nitrogens with one attached hydrogen (secondary N) is 1. The van der Waals surface area contributed by atoms with E-state index >= 15 is 0 Å². The lowest BCUT2D eigenvalue weighted by atomic mass is 10.2. The van der Waals surface area contributed by atoms with E-state index in [1.807, 2.05) is 25.1 Å². The van der Waals surface area contributed by atoms with Gasteiger partial charge in [0.05, 0.1) is 22.4 Å². The molecule has 0 aliphatic rings. The molecule has 96 valence electrons. The minimum Gasteiger partial charge on any atom is -0.376 e. The predicted molar refractivity (Wildman–Crippen MR) is 82.8 cm³/mol. The molecule has 1 N–H and O–H groups in total. The van der Waals surface area contributed by atoms with Crippen molar-refractivity contribution in [2.75, 3.05) is 5.32 Å². The molecule has 1 aromatic carbocycles. The van der Waals surface area contributed by atoms with Crippen molar-refractivity contribution in [2.24, 2.45) is 0 Å². The van der Waals surface area contributed by atoms with Gasteiger partial charge in [0.2, 0.25) is 0 Å². The Labute approximate surface area is 125 Å². The molecule has 1 heterocycles. The minimum absolute atomic E-state index is 0.157. The number of thiazole rings is 1. The molecule has 1 atom stereocenters. The fourth-order valence-electron chi connectivity index (χ4n) is 1.86. The van der Waals surface area contributed by atoms with E-state index in [0.29, 0.717) is 0 Å². The fourth-order valence-corrected chi connectivity index (χ4v) is 3.30. The topological polar surface area (TPSA) is 24.9 Å². The largest absolute Gasteiger partial charge is 0.376 e. The lowest BCUT2D eigenvalue weighted by Crippen LogP contribution is -2.08. The van der Waals surface area contributed by atoms with Crippen LogP contribution in [0.5, 0.6) is 0 Å². The highest BCUT2D eigenvalue weighted by Crippen LogP contribution is 2.31. The van der Waals surface area contributed by atoms with Crippen LogP contribution in [0.15, 0.2) is 22.7 Å². The summed E-state index contributed by atoms with van der Waals surface area (Å²) in [7, 11) is 0. The standard InChI is InChI=1S/C13H14BrClN2S/c1-7(13-8(2)18-9(3)17-13)16-12-6-10(15)4-5-11(12)14/h4-7,16H,1-3H3. The number of aromatic nitrogens is 1. The SMILES string of the molecule is Cc1nc(C(C)Nc2cc(Cl)ccc2Br)c(C)s1. The first-order valence-electron chi connectivity index (χ1n) is 5.63. The van der Waals surface area contributed by atoms with Crippen LogP contribution in [0.3, 0.4) is 0 Å². The Hall–Kier alpha value is -0.580. The number of benzene rings is 1. The molecular weight excluding hydrogens is 332 g/mol. The summed E-state index contributed by atoms with van der Waals surface area (Å²) in [6, 6.07) is 5.87. The summed E-state index contributed by atoms with van der Waals surface area (Å²) in [5, 5.41) is 5.25. The van der Waals surface area contributed by atoms with Crippen molar-refractivity contribution >= 4 is 44.6 Å². The van der Waals surface area contributed by atoms with Gasteiger partial charge in [-0.05, 0) is 54.9 Å². The van der Waals surface area contributed by atoms with Gasteiger partial charge in [0.25, 0.3) is 0 Å². The van der Waals surface area contributed by atoms with Crippen molar-refractivity contribution in [3.63, 3.8) is 0 Å². The average Bonchev–Trinajstić information content (AvgIpc) is 2.63. The predicted octanol–water partition coefficient (Wildman–Crippen LogP) is 5.35. The number of nitrogens with zero attached hydrogens (tertiary/aromatic N) is 1. The summed E-state index contributed by atoms with van der Waals surface area (Å²) < 4.78 is 1.00. The van der Waals surface area contributed by atoms with E-state index in [-0.39, 0.29) is 6.04 Å². The summed E-state index contributed by atoms with van der Waals surface area (Å²) >= 11 is 11.3. The van der Waals surface area contributed by atoms with E-state index in [0.717, 1.165) is 25.9 Å². The van der Waals surface area contributed by atoms with Crippen LogP contribution in [0.25, 0.3) is 0 Å². The van der Waals surface area contributed by atoms with Crippen LogP contribution in [0, 0.1) is 13.8 Å². The average molecular weight is 346 g/mol. The van der Waals surface area contributed by atoms with Gasteiger partial charge in [0.15, 0.2) is 0 Å². The van der Waals surface area contributed by atoms with E-state index in [2.05, 4.69) is 40.1 Å². The Morgan fingerprint density at radius 3 is 2.72 bits per heavy atom. The molecule has 1 unspecified atom stereocenters. The van der Waals surface area contributed by atoms with Crippen molar-refractivity contribution in [3.05, 3.63) is 43.3 Å². The molecule has 0 bridgehead atoms. The first-order chi connectivity index (χ1) is 8.47. The van der Waals surface area contributed by atoms with Crippen LogP contribution in [0.4, 0.5) is 5.69 Å². The molecule has 2 nitrogen and oxygen atoms in total. The zero-order valence-electron chi connectivity index (χ0n) is 10.4. The number of halogens is 2. The molecule has 0 saturated heterocycles. The molecule has 2 aromatic rings. The molecule has 18 heavy (non-hydrogen) atoms. The minimum atomic E-state index is 0.157. The van der Waals surface area contributed by atoms with Crippen LogP contribution in [0.1, 0.15) is 28.5 Å². The Kier molecular flexibility index (Phi) is 4.30. The van der Waals surface area contributed by atoms with E-state index < -0.39 is 0 Å². The lowest BCUT2D eigenvalue weighted by Gasteiger charge is -2.15. The van der Waals surface area contributed by atoms with Crippen molar-refractivity contribution in [2.45, 2.75) is 26.8 Å². The molecule has 1 aromatic heterocycles. The third-order valence-electron chi connectivity index (χ3n) is 2.65. The van der Waals surface area contributed by atoms with Gasteiger partial charge in [-0.25, -0.2) is 4.98 Å². The molecule has 0 saturated carbocycles. The van der Waals surface area contributed by atoms with Crippen LogP contribution >= 0.6 is 38.9 Å². The van der Waals surface area contributed by atoms with Gasteiger partial charge in [-0.2, -0.15) is 0 Å². The molecule has 0 aliphatic heterocycles. The third kappa shape index (κ3) is 3.05. The molecule has 0 radical (unpaired) electrons. The van der Waals surface area contributed by atoms with Crippen molar-refractivity contribution in [3.8, 4) is 0 Å². The summed E-state index contributed by atoms with van der Waals surface area (Å²) in [5.74, 6) is 0. The fraction of sp³-hybridized carbons (Fsp3) is 0.308. The number of hydrogen-bond donors (Lipinski definition) is 1.